The van der Waals surface area contributed by atoms with Gasteiger partial charge in [0.1, 0.15) is 18.2 Å². The molecule has 5 rings (SSSR count). The number of alkyl halides is 1. The number of allylic oxidation sites excluding steroid dienone is 1. The van der Waals surface area contributed by atoms with Gasteiger partial charge in [-0.25, -0.2) is 14.2 Å². The largest absolute Gasteiger partial charge is 0.507 e. The molecule has 3 aromatic rings. The molecule has 2 aromatic heterocycles. The Morgan fingerprint density at radius 1 is 1.25 bits per heavy atom. The predicted molar refractivity (Wildman–Crippen MR) is 117 cm³/mol. The summed E-state index contributed by atoms with van der Waals surface area (Å²) in [6, 6.07) is 8.59. The molecule has 2 N–H and O–H groups in total. The van der Waals surface area contributed by atoms with E-state index in [9.17, 15) is 14.3 Å². The van der Waals surface area contributed by atoms with Crippen molar-refractivity contribution in [2.24, 2.45) is 13.0 Å². The second-order valence-corrected chi connectivity index (χ2v) is 8.47. The highest BCUT2D eigenvalue weighted by molar-refractivity contribution is 5.72. The van der Waals surface area contributed by atoms with E-state index in [1.54, 1.807) is 31.3 Å². The van der Waals surface area contributed by atoms with Crippen molar-refractivity contribution in [2.75, 3.05) is 0 Å². The van der Waals surface area contributed by atoms with Gasteiger partial charge in [-0.1, -0.05) is 12.6 Å². The van der Waals surface area contributed by atoms with Gasteiger partial charge in [0.2, 0.25) is 0 Å². The molecule has 8 nitrogen and oxygen atoms in total. The zero-order chi connectivity index (χ0) is 22.4. The fraction of sp³-hybridized carbons (Fsp3) is 0.348. The molecule has 164 valence electrons. The predicted octanol–water partition coefficient (Wildman–Crippen LogP) is 2.50. The molecule has 0 saturated carbocycles. The Morgan fingerprint density at radius 2 is 2.09 bits per heavy atom. The zero-order valence-electron chi connectivity index (χ0n) is 17.6. The second kappa shape index (κ2) is 7.90. The van der Waals surface area contributed by atoms with Crippen LogP contribution in [0.4, 0.5) is 4.39 Å². The van der Waals surface area contributed by atoms with Crippen LogP contribution >= 0.6 is 0 Å². The van der Waals surface area contributed by atoms with Gasteiger partial charge >= 0.3 is 5.69 Å². The maximum absolute atomic E-state index is 14.9. The number of nitrogens with zero attached hydrogens (tertiary/aromatic N) is 5. The molecule has 4 heterocycles. The average molecular weight is 434 g/mol. The Balaban J connectivity index is 1.37. The van der Waals surface area contributed by atoms with Crippen molar-refractivity contribution in [1.29, 1.82) is 0 Å². The van der Waals surface area contributed by atoms with E-state index in [0.717, 1.165) is 12.8 Å². The van der Waals surface area contributed by atoms with Crippen LogP contribution in [0.1, 0.15) is 25.0 Å². The fourth-order valence-corrected chi connectivity index (χ4v) is 4.59. The number of fused-ring (bicyclic) bond motifs is 2. The lowest BCUT2D eigenvalue weighted by atomic mass is 9.83. The van der Waals surface area contributed by atoms with Crippen LogP contribution in [0.15, 0.2) is 48.0 Å². The van der Waals surface area contributed by atoms with Crippen LogP contribution in [-0.2, 0) is 7.05 Å². The first kappa shape index (κ1) is 20.4. The molecule has 1 aromatic carbocycles. The lowest BCUT2D eigenvalue weighted by Crippen LogP contribution is -2.47. The van der Waals surface area contributed by atoms with Gasteiger partial charge in [0.15, 0.2) is 5.82 Å². The topological polar surface area (TPSA) is 106 Å². The van der Waals surface area contributed by atoms with E-state index in [0.29, 0.717) is 40.6 Å². The van der Waals surface area contributed by atoms with Crippen molar-refractivity contribution in [3.8, 4) is 28.4 Å². The first-order valence-corrected chi connectivity index (χ1v) is 10.6. The Morgan fingerprint density at radius 3 is 2.81 bits per heavy atom. The molecule has 0 aliphatic carbocycles. The summed E-state index contributed by atoms with van der Waals surface area (Å²) in [5, 5.41) is 22.4. The molecule has 2 bridgehead atoms. The summed E-state index contributed by atoms with van der Waals surface area (Å²) < 4.78 is 16.1. The summed E-state index contributed by atoms with van der Waals surface area (Å²) in [5.41, 5.74) is 2.25. The minimum absolute atomic E-state index is 0.0357. The summed E-state index contributed by atoms with van der Waals surface area (Å²) in [5.74, 6) is -0.0732. The van der Waals surface area contributed by atoms with Gasteiger partial charge < -0.3 is 10.4 Å². The number of hydrogen-bond donors (Lipinski definition) is 2. The number of halogens is 1. The monoisotopic (exact) mass is 434 g/mol. The van der Waals surface area contributed by atoms with E-state index in [-0.39, 0.29) is 23.5 Å². The van der Waals surface area contributed by atoms with Crippen LogP contribution in [0.2, 0.25) is 0 Å². The van der Waals surface area contributed by atoms with Gasteiger partial charge in [0, 0.05) is 36.2 Å². The van der Waals surface area contributed by atoms with E-state index in [1.807, 2.05) is 0 Å². The lowest BCUT2D eigenvalue weighted by molar-refractivity contribution is 0.167. The Labute approximate surface area is 183 Å². The highest BCUT2D eigenvalue weighted by atomic mass is 19.1. The van der Waals surface area contributed by atoms with Gasteiger partial charge in [-0.2, -0.15) is 10.1 Å². The molecule has 2 aliphatic heterocycles. The molecule has 2 unspecified atom stereocenters. The van der Waals surface area contributed by atoms with Crippen molar-refractivity contribution in [2.45, 2.75) is 37.5 Å². The number of aromatic hydroxyl groups is 1. The molecule has 0 spiro atoms. The maximum Gasteiger partial charge on any atom is 0.350 e. The normalized spacial score (nSPS) is 24.4. The molecule has 2 fully saturated rings. The van der Waals surface area contributed by atoms with Crippen LogP contribution < -0.4 is 11.0 Å². The van der Waals surface area contributed by atoms with Gasteiger partial charge in [0.25, 0.3) is 0 Å². The number of hydrogen-bond acceptors (Lipinski definition) is 7. The highest BCUT2D eigenvalue weighted by Crippen LogP contribution is 2.39. The third-order valence-corrected chi connectivity index (χ3v) is 6.41. The van der Waals surface area contributed by atoms with E-state index in [1.165, 1.54) is 17.0 Å². The van der Waals surface area contributed by atoms with Crippen LogP contribution in [-0.4, -0.2) is 48.1 Å². The molecule has 2 saturated heterocycles. The number of phenols is 1. The van der Waals surface area contributed by atoms with Crippen LogP contribution in [0.5, 0.6) is 5.75 Å². The van der Waals surface area contributed by atoms with E-state index in [2.05, 4.69) is 32.1 Å². The molecule has 4 atom stereocenters. The van der Waals surface area contributed by atoms with Crippen molar-refractivity contribution in [1.82, 2.24) is 30.0 Å². The van der Waals surface area contributed by atoms with E-state index < -0.39 is 11.9 Å². The standard InChI is InChI=1S/C23H23FN6O2/c1-12(16-10-14-4-6-19(26-14)21(16)24)17-7-8-18(29-28-17)15-5-3-13(9-20(15)31)22-25-11-30(2)23(32)27-22/h3,5,7-9,11,14,16,19,21,26,31H,1,4,6,10H2,2H3/t14?,16-,19?,21+/m1/s1. The number of rotatable bonds is 4. The van der Waals surface area contributed by atoms with E-state index in [4.69, 9.17) is 0 Å². The summed E-state index contributed by atoms with van der Waals surface area (Å²) in [6.07, 6.45) is 2.97. The number of nitrogens with one attached hydrogen (secondary N) is 1. The molecule has 0 radical (unpaired) electrons. The number of aryl methyl sites for hydroxylation is 1. The maximum atomic E-state index is 14.9. The second-order valence-electron chi connectivity index (χ2n) is 8.47. The number of aromatic nitrogens is 5. The van der Waals surface area contributed by atoms with Crippen molar-refractivity contribution >= 4 is 5.57 Å². The van der Waals surface area contributed by atoms with Crippen molar-refractivity contribution in [3.05, 3.63) is 59.4 Å². The van der Waals surface area contributed by atoms with Crippen LogP contribution in [0.3, 0.4) is 0 Å². The molecular weight excluding hydrogens is 411 g/mol. The van der Waals surface area contributed by atoms with Gasteiger partial charge in [-0.3, -0.25) is 4.57 Å². The van der Waals surface area contributed by atoms with Crippen LogP contribution in [0, 0.1) is 5.92 Å². The van der Waals surface area contributed by atoms with Gasteiger partial charge in [-0.05, 0) is 49.1 Å². The van der Waals surface area contributed by atoms with Gasteiger partial charge in [0.05, 0.1) is 11.4 Å². The minimum Gasteiger partial charge on any atom is -0.507 e. The summed E-state index contributed by atoms with van der Waals surface area (Å²) in [6.45, 7) is 4.11. The van der Waals surface area contributed by atoms with Crippen molar-refractivity contribution in [3.63, 3.8) is 0 Å². The Bertz CT molecular complexity index is 1240. The lowest BCUT2D eigenvalue weighted by Gasteiger charge is -2.33. The summed E-state index contributed by atoms with van der Waals surface area (Å²) in [7, 11) is 1.56. The number of piperidine rings is 1. The molecule has 0 amide bonds. The smallest absolute Gasteiger partial charge is 0.350 e. The quantitative estimate of drug-likeness (QED) is 0.650. The van der Waals surface area contributed by atoms with E-state index >= 15 is 0 Å². The molecule has 2 aliphatic rings. The third kappa shape index (κ3) is 3.58. The van der Waals surface area contributed by atoms with Gasteiger partial charge in [-0.15, -0.1) is 5.10 Å². The average Bonchev–Trinajstić information content (AvgIpc) is 3.21. The first-order valence-electron chi connectivity index (χ1n) is 10.6. The molecule has 9 heteroatoms. The van der Waals surface area contributed by atoms with Crippen LogP contribution in [0.25, 0.3) is 28.2 Å². The zero-order valence-corrected chi connectivity index (χ0v) is 17.6. The Hall–Kier alpha value is -3.46. The summed E-state index contributed by atoms with van der Waals surface area (Å²) >= 11 is 0. The summed E-state index contributed by atoms with van der Waals surface area (Å²) in [4.78, 5) is 19.8. The Kier molecular flexibility index (Phi) is 5.05. The third-order valence-electron chi connectivity index (χ3n) is 6.41. The molecular formula is C23H23FN6O2. The highest BCUT2D eigenvalue weighted by Gasteiger charge is 2.43. The minimum atomic E-state index is -0.976. The molecule has 32 heavy (non-hydrogen) atoms. The SMILES string of the molecule is C=C(c1ccc(-c2ccc(-c3ncn(C)c(=O)n3)cc2O)nn1)[C@H]1CC2CCC(N2)[C@H]1F. The van der Waals surface area contributed by atoms with Crippen molar-refractivity contribution < 1.29 is 9.50 Å². The number of benzene rings is 1. The first-order chi connectivity index (χ1) is 15.4. The number of phenolic OH excluding ortho intramolecular Hbond substituents is 1. The fourth-order valence-electron chi connectivity index (χ4n) is 4.59.